The molecule has 0 fully saturated rings. The van der Waals surface area contributed by atoms with Crippen LogP contribution in [0.2, 0.25) is 0 Å². The van der Waals surface area contributed by atoms with Crippen LogP contribution in [0.4, 0.5) is 0 Å². The topological polar surface area (TPSA) is 9.03 Å². The van der Waals surface area contributed by atoms with E-state index in [-0.39, 0.29) is 17.0 Å². The summed E-state index contributed by atoms with van der Waals surface area (Å²) >= 11 is 6.72. The second kappa shape index (κ2) is 11.2. The Morgan fingerprint density at radius 3 is 2.03 bits per heavy atom. The predicted octanol–water partition coefficient (Wildman–Crippen LogP) is 3.16. The standard InChI is InChI=1S/C33H28N2PS.BrH/c1-26-33(36(37,30-16-4-2-5-17-30)31-18-6-3-7-19-31)35-23-11-10-20-32(35)34(26)24-12-13-27-21-22-28-14-8-9-15-29(28)25-27;/h2-23,25H,24H2,1H3;1H/q+1;/p-1/b13-12+;. The van der Waals surface area contributed by atoms with Crippen LogP contribution >= 0.6 is 6.04 Å². The minimum Gasteiger partial charge on any atom is -1.00 e. The molecule has 4 aromatic carbocycles. The first-order chi connectivity index (χ1) is 18.2. The fourth-order valence-electron chi connectivity index (χ4n) is 5.19. The molecule has 6 aromatic rings. The van der Waals surface area contributed by atoms with Gasteiger partial charge >= 0.3 is 0 Å². The van der Waals surface area contributed by atoms with Gasteiger partial charge in [-0.15, -0.1) is 0 Å². The monoisotopic (exact) mass is 594 g/mol. The Morgan fingerprint density at radius 1 is 0.737 bits per heavy atom. The molecule has 0 atom stereocenters. The number of aromatic nitrogens is 2. The number of allylic oxidation sites excluding steroid dienone is 1. The molecule has 0 aliphatic rings. The summed E-state index contributed by atoms with van der Waals surface area (Å²) in [4.78, 5) is 0. The summed E-state index contributed by atoms with van der Waals surface area (Å²) in [5.41, 5.74) is 4.79. The zero-order valence-corrected chi connectivity index (χ0v) is 24.4. The van der Waals surface area contributed by atoms with Gasteiger partial charge in [0.05, 0.1) is 12.2 Å². The lowest BCUT2D eigenvalue weighted by Gasteiger charge is -2.21. The van der Waals surface area contributed by atoms with Crippen molar-refractivity contribution in [3.8, 4) is 0 Å². The van der Waals surface area contributed by atoms with Crippen LogP contribution in [0.5, 0.6) is 0 Å². The Labute approximate surface area is 239 Å². The van der Waals surface area contributed by atoms with Crippen LogP contribution in [0, 0.1) is 6.92 Å². The largest absolute Gasteiger partial charge is 1.00 e. The van der Waals surface area contributed by atoms with Crippen LogP contribution in [-0.4, -0.2) is 4.57 Å². The van der Waals surface area contributed by atoms with Gasteiger partial charge in [-0.05, 0) is 45.2 Å². The van der Waals surface area contributed by atoms with Crippen LogP contribution in [-0.2, 0) is 18.4 Å². The second-order valence-electron chi connectivity index (χ2n) is 9.24. The van der Waals surface area contributed by atoms with Gasteiger partial charge in [0, 0.05) is 13.0 Å². The Hall–Kier alpha value is -3.30. The van der Waals surface area contributed by atoms with Gasteiger partial charge < -0.3 is 17.0 Å². The van der Waals surface area contributed by atoms with Crippen LogP contribution < -0.4 is 37.4 Å². The Bertz CT molecular complexity index is 1750. The zero-order chi connectivity index (χ0) is 25.2. The fourth-order valence-corrected chi connectivity index (χ4v) is 9.60. The maximum atomic E-state index is 6.72. The van der Waals surface area contributed by atoms with Gasteiger partial charge in [0.15, 0.2) is 5.44 Å². The fraction of sp³-hybridized carbons (Fsp3) is 0.0606. The van der Waals surface area contributed by atoms with Gasteiger partial charge in [-0.25, -0.2) is 4.57 Å². The summed E-state index contributed by atoms with van der Waals surface area (Å²) in [5, 5.41) is 4.94. The Balaban J connectivity index is 0.00000294. The van der Waals surface area contributed by atoms with Gasteiger partial charge in [0.25, 0.3) is 5.65 Å². The number of hydrogen-bond acceptors (Lipinski definition) is 1. The smallest absolute Gasteiger partial charge is 0.287 e. The van der Waals surface area contributed by atoms with E-state index in [0.717, 1.165) is 12.2 Å². The second-order valence-corrected chi connectivity index (χ2v) is 13.6. The molecule has 0 saturated heterocycles. The van der Waals surface area contributed by atoms with Gasteiger partial charge in [-0.1, -0.05) is 121 Å². The molecule has 0 bridgehead atoms. The molecular weight excluding hydrogens is 567 g/mol. The zero-order valence-electron chi connectivity index (χ0n) is 21.1. The van der Waals surface area contributed by atoms with Crippen LogP contribution in [0.25, 0.3) is 22.5 Å². The maximum Gasteiger partial charge on any atom is 0.287 e. The molecule has 0 aliphatic carbocycles. The van der Waals surface area contributed by atoms with E-state index < -0.39 is 6.04 Å². The molecule has 2 aromatic heterocycles. The molecule has 0 saturated carbocycles. The van der Waals surface area contributed by atoms with Crippen molar-refractivity contribution in [3.63, 3.8) is 0 Å². The first kappa shape index (κ1) is 26.3. The number of fused-ring (bicyclic) bond motifs is 2. The van der Waals surface area contributed by atoms with Gasteiger partial charge in [0.2, 0.25) is 0 Å². The summed E-state index contributed by atoms with van der Waals surface area (Å²) in [5.74, 6) is 0. The molecular formula is C33H28BrN2PS. The molecule has 0 radical (unpaired) electrons. The molecule has 38 heavy (non-hydrogen) atoms. The van der Waals surface area contributed by atoms with Crippen molar-refractivity contribution in [2.45, 2.75) is 13.5 Å². The minimum absolute atomic E-state index is 0. The molecule has 0 aliphatic heterocycles. The minimum atomic E-state index is -2.30. The molecule has 0 amide bonds. The maximum absolute atomic E-state index is 6.72. The van der Waals surface area contributed by atoms with Crippen molar-refractivity contribution in [2.75, 3.05) is 0 Å². The highest BCUT2D eigenvalue weighted by atomic mass is 79.9. The molecule has 0 spiro atoms. The van der Waals surface area contributed by atoms with Crippen molar-refractivity contribution >= 4 is 56.4 Å². The third-order valence-electron chi connectivity index (χ3n) is 6.98. The highest BCUT2D eigenvalue weighted by molar-refractivity contribution is 8.25. The molecule has 6 rings (SSSR count). The highest BCUT2D eigenvalue weighted by Gasteiger charge is 2.36. The van der Waals surface area contributed by atoms with E-state index in [1.54, 1.807) is 0 Å². The summed E-state index contributed by atoms with van der Waals surface area (Å²) in [6.07, 6.45) is 6.63. The molecule has 2 nitrogen and oxygen atoms in total. The number of hydrogen-bond donors (Lipinski definition) is 0. The third kappa shape index (κ3) is 4.69. The van der Waals surface area contributed by atoms with Crippen molar-refractivity contribution < 1.29 is 21.4 Å². The van der Waals surface area contributed by atoms with Gasteiger partial charge in [-0.2, -0.15) is 4.40 Å². The molecule has 0 unspecified atom stereocenters. The van der Waals surface area contributed by atoms with Crippen LogP contribution in [0.1, 0.15) is 11.3 Å². The van der Waals surface area contributed by atoms with Crippen molar-refractivity contribution in [2.24, 2.45) is 0 Å². The third-order valence-corrected chi connectivity index (χ3v) is 12.0. The van der Waals surface area contributed by atoms with E-state index in [9.17, 15) is 0 Å². The Morgan fingerprint density at radius 2 is 1.34 bits per heavy atom. The molecule has 5 heteroatoms. The lowest BCUT2D eigenvalue weighted by molar-refractivity contribution is -0.490. The van der Waals surface area contributed by atoms with Crippen molar-refractivity contribution in [3.05, 3.63) is 145 Å². The normalized spacial score (nSPS) is 11.7. The number of benzene rings is 4. The number of rotatable bonds is 6. The summed E-state index contributed by atoms with van der Waals surface area (Å²) in [7, 11) is 0. The number of imidazole rings is 1. The highest BCUT2D eigenvalue weighted by Crippen LogP contribution is 2.43. The average Bonchev–Trinajstić information content (AvgIpc) is 3.25. The molecule has 188 valence electrons. The predicted molar refractivity (Wildman–Crippen MR) is 161 cm³/mol. The summed E-state index contributed by atoms with van der Waals surface area (Å²) in [6.45, 7) is 2.99. The van der Waals surface area contributed by atoms with Crippen molar-refractivity contribution in [1.29, 1.82) is 0 Å². The number of pyridine rings is 1. The number of halogens is 1. The quantitative estimate of drug-likeness (QED) is 0.213. The van der Waals surface area contributed by atoms with E-state index in [2.05, 4.69) is 156 Å². The lowest BCUT2D eigenvalue weighted by Crippen LogP contribution is -3.00. The first-order valence-electron chi connectivity index (χ1n) is 12.5. The molecule has 2 heterocycles. The first-order valence-corrected chi connectivity index (χ1v) is 15.3. The summed E-state index contributed by atoms with van der Waals surface area (Å²) < 4.78 is 4.71. The Kier molecular flexibility index (Phi) is 7.76. The SMILES string of the molecule is Cc1c(P(=S)(c2ccccc2)c2ccccc2)[n+]2ccccc2n1C/C=C/c1ccc2ccccc2c1.[Br-]. The van der Waals surface area contributed by atoms with Gasteiger partial charge in [-0.3, -0.25) is 0 Å². The van der Waals surface area contributed by atoms with Gasteiger partial charge in [0.1, 0.15) is 12.2 Å². The van der Waals surface area contributed by atoms with E-state index in [1.807, 2.05) is 0 Å². The van der Waals surface area contributed by atoms with Crippen LogP contribution in [0.15, 0.2) is 134 Å². The van der Waals surface area contributed by atoms with Crippen molar-refractivity contribution in [1.82, 2.24) is 4.57 Å². The van der Waals surface area contributed by atoms with Crippen LogP contribution in [0.3, 0.4) is 0 Å². The summed E-state index contributed by atoms with van der Waals surface area (Å²) in [6, 6.07) is 40.5. The number of nitrogens with zero attached hydrogens (tertiary/aromatic N) is 2. The average molecular weight is 596 g/mol. The molecule has 0 N–H and O–H groups in total. The van der Waals surface area contributed by atoms with E-state index in [4.69, 9.17) is 11.8 Å². The lowest BCUT2D eigenvalue weighted by atomic mass is 10.1. The van der Waals surface area contributed by atoms with E-state index in [0.29, 0.717) is 0 Å². The van der Waals surface area contributed by atoms with E-state index >= 15 is 0 Å². The van der Waals surface area contributed by atoms with E-state index in [1.165, 1.54) is 38.1 Å².